The number of unbranched alkanes of at least 4 members (excludes halogenated alkanes) is 54. The Kier molecular flexibility index (Phi) is 78.4. The summed E-state index contributed by atoms with van der Waals surface area (Å²) in [5, 5.41) is 0. The number of hydrogen-bond donors (Lipinski definition) is 0. The zero-order valence-electron chi connectivity index (χ0n) is 79.2. The molecule has 0 aromatic carbocycles. The van der Waals surface area contributed by atoms with Gasteiger partial charge in [-0.2, -0.15) is 0 Å². The number of carbonyl (C=O) groups is 8. The van der Waals surface area contributed by atoms with Crippen molar-refractivity contribution < 1.29 is 85.7 Å². The van der Waals surface area contributed by atoms with E-state index >= 15 is 0 Å². The first-order valence-electron chi connectivity index (χ1n) is 50.5. The Bertz CT molecular complexity index is 2430. The molecule has 0 radical (unpaired) electrons. The van der Waals surface area contributed by atoms with Crippen LogP contribution in [0.15, 0.2) is 0 Å². The van der Waals surface area contributed by atoms with Crippen molar-refractivity contribution in [3.8, 4) is 0 Å². The normalized spacial score (nSPS) is 17.6. The second kappa shape index (κ2) is 82.9. The monoisotopic (exact) mass is 1700 g/mol. The fraction of sp³-hybridized carbons (Fsp3) is 0.920. The summed E-state index contributed by atoms with van der Waals surface area (Å²) in [6.45, 7) is 14.4. The number of nitrogens with zero attached hydrogens (tertiary/aromatic N) is 2. The van der Waals surface area contributed by atoms with Gasteiger partial charge in [-0.05, 0) is 92.6 Å². The van der Waals surface area contributed by atoms with E-state index in [2.05, 4.69) is 41.5 Å². The molecule has 0 amide bonds. The van der Waals surface area contributed by atoms with E-state index in [0.29, 0.717) is 51.4 Å². The highest BCUT2D eigenvalue weighted by Crippen LogP contribution is 2.33. The molecule has 2 saturated heterocycles. The first-order chi connectivity index (χ1) is 58.4. The van der Waals surface area contributed by atoms with Crippen molar-refractivity contribution in [2.24, 2.45) is 0 Å². The molecule has 20 nitrogen and oxygen atoms in total. The summed E-state index contributed by atoms with van der Waals surface area (Å²) in [5.74, 6) is -3.46. The van der Waals surface area contributed by atoms with Gasteiger partial charge in [-0.1, -0.05) is 388 Å². The van der Waals surface area contributed by atoms with E-state index in [9.17, 15) is 38.4 Å². The van der Waals surface area contributed by atoms with Gasteiger partial charge in [-0.15, -0.1) is 0 Å². The van der Waals surface area contributed by atoms with Crippen LogP contribution in [0.3, 0.4) is 0 Å². The Morgan fingerprint density at radius 3 is 0.542 bits per heavy atom. The van der Waals surface area contributed by atoms with Gasteiger partial charge in [-0.3, -0.25) is 38.4 Å². The van der Waals surface area contributed by atoms with E-state index in [1.165, 1.54) is 231 Å². The highest BCUT2D eigenvalue weighted by Gasteiger charge is 2.54. The molecule has 0 aliphatic carbocycles. The third-order valence-corrected chi connectivity index (χ3v) is 23.3. The number of esters is 8. The van der Waals surface area contributed by atoms with E-state index in [-0.39, 0.29) is 64.6 Å². The van der Waals surface area contributed by atoms with Crippen molar-refractivity contribution >= 4 is 47.8 Å². The number of rotatable bonds is 84. The minimum atomic E-state index is -1.27. The molecule has 0 aromatic heterocycles. The Labute approximate surface area is 734 Å². The van der Waals surface area contributed by atoms with Crippen molar-refractivity contribution in [3.05, 3.63) is 0 Å². The van der Waals surface area contributed by atoms with Crippen LogP contribution in [0.1, 0.15) is 491 Å². The van der Waals surface area contributed by atoms with Crippen molar-refractivity contribution in [1.82, 2.24) is 9.80 Å². The zero-order chi connectivity index (χ0) is 87.8. The van der Waals surface area contributed by atoms with Gasteiger partial charge in [0.25, 0.3) is 0 Å². The highest BCUT2D eigenvalue weighted by atomic mass is 16.8. The fourth-order valence-corrected chi connectivity index (χ4v) is 15.7. The van der Waals surface area contributed by atoms with Crippen LogP contribution < -0.4 is 0 Å². The minimum absolute atomic E-state index is 0.204. The van der Waals surface area contributed by atoms with Gasteiger partial charge >= 0.3 is 47.8 Å². The molecule has 120 heavy (non-hydrogen) atoms. The maximum absolute atomic E-state index is 13.4. The molecule has 704 valence electrons. The second-order valence-corrected chi connectivity index (χ2v) is 35.7. The van der Waals surface area contributed by atoms with Crippen molar-refractivity contribution in [1.29, 1.82) is 0 Å². The molecule has 2 aliphatic heterocycles. The Morgan fingerprint density at radius 2 is 0.358 bits per heavy atom. The van der Waals surface area contributed by atoms with E-state index in [1.54, 1.807) is 0 Å². The molecule has 2 heterocycles. The molecular weight excluding hydrogens is 1520 g/mol. The highest BCUT2D eigenvalue weighted by molar-refractivity contribution is 5.73. The fourth-order valence-electron chi connectivity index (χ4n) is 15.7. The molecule has 0 spiro atoms. The predicted octanol–water partition coefficient (Wildman–Crippen LogP) is 25.8. The lowest BCUT2D eigenvalue weighted by Crippen LogP contribution is -2.42. The number of ether oxygens (including phenoxy) is 10. The van der Waals surface area contributed by atoms with Crippen LogP contribution in [0.25, 0.3) is 0 Å². The topological polar surface area (TPSA) is 235 Å². The maximum Gasteiger partial charge on any atom is 0.308 e. The smallest absolute Gasteiger partial charge is 0.308 e. The third kappa shape index (κ3) is 67.9. The van der Waals surface area contributed by atoms with Crippen LogP contribution in [0.5, 0.6) is 0 Å². The summed E-state index contributed by atoms with van der Waals surface area (Å²) in [7, 11) is 7.79. The molecule has 2 unspecified atom stereocenters. The molecule has 2 rings (SSSR count). The van der Waals surface area contributed by atoms with Gasteiger partial charge in [0.05, 0.1) is 0 Å². The Morgan fingerprint density at radius 1 is 0.200 bits per heavy atom. The van der Waals surface area contributed by atoms with E-state index in [4.69, 9.17) is 47.4 Å². The molecule has 0 N–H and O–H groups in total. The minimum Gasteiger partial charge on any atom is -0.463 e. The number of carbonyl (C=O) groups excluding carboxylic acids is 8. The maximum atomic E-state index is 13.4. The summed E-state index contributed by atoms with van der Waals surface area (Å²) >= 11 is 0. The summed E-state index contributed by atoms with van der Waals surface area (Å²) in [6.07, 6.45) is 62.8. The molecule has 8 atom stereocenters. The number of hydrogen-bond acceptors (Lipinski definition) is 20. The molecule has 2 aliphatic rings. The Hall–Kier alpha value is -4.40. The van der Waals surface area contributed by atoms with Crippen LogP contribution in [0.2, 0.25) is 0 Å². The standard InChI is InChI=1S/C53H99NO9.C47H87NO9/c1-6-9-12-15-18-21-24-27-30-33-36-40-48(56)61-51-46(45-59-47(55)43-39-44-54(4)5)60-53(63-50(58)42-38-35-32-29-26-23-20-17-14-11-8-3)52(51)62-49(57)41-37-34-31-28-25-22-19-16-13-10-7-2;1-6-9-12-15-18-21-24-27-30-34-42(50)55-45-40(39-53-41(49)37-33-38-48(4)5)54-47(57-44(52)36-32-29-26-23-20-17-14-11-8-3)46(45)56-43(51)35-31-28-25-22-19-16-13-10-7-2/h46,51-53H,6-45H2,1-5H3;40,45-47H,6-39H2,1-5H3/t46-,51?,52+,53+;40-,45?,46+,47+/m11/s1. The average Bonchev–Trinajstić information content (AvgIpc) is 1.66. The summed E-state index contributed by atoms with van der Waals surface area (Å²) in [4.78, 5) is 109. The molecule has 2 fully saturated rings. The molecule has 0 aromatic rings. The van der Waals surface area contributed by atoms with Crippen molar-refractivity contribution in [2.75, 3.05) is 54.5 Å². The van der Waals surface area contributed by atoms with Crippen LogP contribution in [-0.2, 0) is 85.7 Å². The SMILES string of the molecule is CCCCCCCCCCCC(=O)OC1[C@@H](COC(=O)CCCN(C)C)O[C@@H](OC(=O)CCCCCCCCCCC)[C@H]1OC(=O)CCCCCCCCCCC.CCCCCCCCCCCCCC(=O)OC1[C@@H](COC(=O)CCCN(C)C)O[C@@H](OC(=O)CCCCCCCCCCCCC)[C@H]1OC(=O)CCCCCCCCCCCCC. The Balaban J connectivity index is 0.00000121. The molecule has 0 saturated carbocycles. The predicted molar refractivity (Wildman–Crippen MR) is 485 cm³/mol. The van der Waals surface area contributed by atoms with Gasteiger partial charge in [0.1, 0.15) is 25.4 Å². The summed E-state index contributed by atoms with van der Waals surface area (Å²) < 4.78 is 59.3. The van der Waals surface area contributed by atoms with Crippen molar-refractivity contribution in [2.45, 2.75) is 540 Å². The lowest BCUT2D eigenvalue weighted by atomic mass is 10.1. The largest absolute Gasteiger partial charge is 0.463 e. The van der Waals surface area contributed by atoms with Crippen molar-refractivity contribution in [3.63, 3.8) is 0 Å². The van der Waals surface area contributed by atoms with Gasteiger partial charge in [0.2, 0.25) is 24.8 Å². The van der Waals surface area contributed by atoms with E-state index in [1.807, 2.05) is 38.0 Å². The van der Waals surface area contributed by atoms with Crippen LogP contribution in [0, 0.1) is 0 Å². The first-order valence-corrected chi connectivity index (χ1v) is 50.5. The van der Waals surface area contributed by atoms with E-state index < -0.39 is 97.0 Å². The van der Waals surface area contributed by atoms with E-state index in [0.717, 1.165) is 129 Å². The first kappa shape index (κ1) is 114. The third-order valence-electron chi connectivity index (χ3n) is 23.3. The van der Waals surface area contributed by atoms with Crippen LogP contribution in [0.4, 0.5) is 0 Å². The van der Waals surface area contributed by atoms with Gasteiger partial charge in [-0.25, -0.2) is 0 Å². The second-order valence-electron chi connectivity index (χ2n) is 35.7. The van der Waals surface area contributed by atoms with Crippen LogP contribution in [-0.4, -0.2) is 161 Å². The van der Waals surface area contributed by atoms with Gasteiger partial charge in [0.15, 0.2) is 12.2 Å². The lowest BCUT2D eigenvalue weighted by Gasteiger charge is -2.24. The average molecular weight is 1700 g/mol. The molecular formula is C100H186N2O18. The molecule has 20 heteroatoms. The summed E-state index contributed by atoms with van der Waals surface area (Å²) in [6, 6.07) is 0. The van der Waals surface area contributed by atoms with Gasteiger partial charge in [0, 0.05) is 51.4 Å². The molecule has 0 bridgehead atoms. The lowest BCUT2D eigenvalue weighted by molar-refractivity contribution is -0.200. The van der Waals surface area contributed by atoms with Gasteiger partial charge < -0.3 is 57.2 Å². The van der Waals surface area contributed by atoms with Crippen LogP contribution >= 0.6 is 0 Å². The zero-order valence-corrected chi connectivity index (χ0v) is 79.2. The quantitative estimate of drug-likeness (QED) is 0.0313. The summed E-state index contributed by atoms with van der Waals surface area (Å²) in [5.41, 5.74) is 0.